The van der Waals surface area contributed by atoms with Gasteiger partial charge in [0, 0.05) is 12.0 Å². The molecule has 1 unspecified atom stereocenters. The van der Waals surface area contributed by atoms with Crippen molar-refractivity contribution in [3.63, 3.8) is 0 Å². The van der Waals surface area contributed by atoms with Crippen molar-refractivity contribution in [2.24, 2.45) is 11.3 Å². The van der Waals surface area contributed by atoms with Crippen molar-refractivity contribution >= 4 is 5.78 Å². The Hall–Kier alpha value is -1.11. The van der Waals surface area contributed by atoms with E-state index in [1.807, 2.05) is 0 Å². The predicted molar refractivity (Wildman–Crippen MR) is 111 cm³/mol. The molecule has 3 rings (SSSR count). The van der Waals surface area contributed by atoms with Gasteiger partial charge in [0.1, 0.15) is 0 Å². The van der Waals surface area contributed by atoms with Crippen molar-refractivity contribution in [2.45, 2.75) is 103 Å². The zero-order valence-corrected chi connectivity index (χ0v) is 17.1. The first-order chi connectivity index (χ1) is 12.7. The van der Waals surface area contributed by atoms with Crippen LogP contribution in [0, 0.1) is 11.3 Å². The van der Waals surface area contributed by atoms with Crippen LogP contribution in [0.15, 0.2) is 24.3 Å². The van der Waals surface area contributed by atoms with E-state index < -0.39 is 0 Å². The van der Waals surface area contributed by atoms with Crippen molar-refractivity contribution in [2.75, 3.05) is 0 Å². The molecule has 0 aromatic heterocycles. The van der Waals surface area contributed by atoms with Crippen LogP contribution in [-0.2, 0) is 0 Å². The van der Waals surface area contributed by atoms with E-state index in [2.05, 4.69) is 38.1 Å². The van der Waals surface area contributed by atoms with E-state index in [0.717, 1.165) is 17.9 Å². The Balaban J connectivity index is 1.84. The minimum absolute atomic E-state index is 0.302. The normalized spacial score (nSPS) is 28.5. The minimum atomic E-state index is 0.302. The molecule has 0 amide bonds. The van der Waals surface area contributed by atoms with Gasteiger partial charge in [-0.3, -0.25) is 4.79 Å². The molecule has 0 spiro atoms. The average Bonchev–Trinajstić information content (AvgIpc) is 2.68. The number of Topliss-reactive ketones (excluding diaryl/α,β-unsaturated/α-hetero) is 1. The van der Waals surface area contributed by atoms with Crippen molar-refractivity contribution in [1.29, 1.82) is 0 Å². The first kappa shape index (κ1) is 19.6. The number of carbonyl (C=O) groups excluding carboxylic acids is 1. The predicted octanol–water partition coefficient (Wildman–Crippen LogP) is 7.69. The third-order valence-electron chi connectivity index (χ3n) is 7.36. The highest BCUT2D eigenvalue weighted by Crippen LogP contribution is 2.59. The highest BCUT2D eigenvalue weighted by atomic mass is 16.1. The molecule has 2 aliphatic rings. The van der Waals surface area contributed by atoms with Gasteiger partial charge in [0.15, 0.2) is 5.78 Å². The van der Waals surface area contributed by atoms with Crippen molar-refractivity contribution in [1.82, 2.24) is 0 Å². The van der Waals surface area contributed by atoms with Crippen LogP contribution in [0.1, 0.15) is 119 Å². The van der Waals surface area contributed by atoms with Crippen molar-refractivity contribution in [3.05, 3.63) is 35.4 Å². The molecular weight excluding hydrogens is 316 g/mol. The van der Waals surface area contributed by atoms with E-state index in [-0.39, 0.29) is 0 Å². The van der Waals surface area contributed by atoms with Gasteiger partial charge in [-0.1, -0.05) is 76.6 Å². The zero-order chi connectivity index (χ0) is 18.4. The molecule has 144 valence electrons. The molecule has 0 N–H and O–H groups in total. The fraction of sp³-hybridized carbons (Fsp3) is 0.720. The molecule has 2 aliphatic carbocycles. The number of benzene rings is 1. The van der Waals surface area contributed by atoms with Crippen LogP contribution < -0.4 is 0 Å². The fourth-order valence-corrected chi connectivity index (χ4v) is 6.06. The summed E-state index contributed by atoms with van der Waals surface area (Å²) in [6.45, 7) is 4.40. The number of ketones is 1. The Kier molecular flexibility index (Phi) is 6.95. The molecule has 0 radical (unpaired) electrons. The van der Waals surface area contributed by atoms with E-state index in [1.54, 1.807) is 0 Å². The smallest absolute Gasteiger partial charge is 0.162 e. The standard InChI is InChI=1S/C25H38O/c1-3-5-7-18-25-19-8-6-11-22(25)12-9-13-23(25)20-14-16-21(17-15-20)24(26)10-4-2/h14-17,22-23H,3-13,18-19H2,1-2H3/t22-,23?,25+/m1/s1. The number of fused-ring (bicyclic) bond motifs is 1. The fourth-order valence-electron chi connectivity index (χ4n) is 6.06. The molecule has 1 nitrogen and oxygen atoms in total. The van der Waals surface area contributed by atoms with Crippen LogP contribution >= 0.6 is 0 Å². The topological polar surface area (TPSA) is 17.1 Å². The summed E-state index contributed by atoms with van der Waals surface area (Å²) in [7, 11) is 0. The summed E-state index contributed by atoms with van der Waals surface area (Å²) in [5.41, 5.74) is 2.97. The minimum Gasteiger partial charge on any atom is -0.294 e. The van der Waals surface area contributed by atoms with Crippen LogP contribution in [0.3, 0.4) is 0 Å². The van der Waals surface area contributed by atoms with E-state index >= 15 is 0 Å². The van der Waals surface area contributed by atoms with Crippen LogP contribution in [-0.4, -0.2) is 5.78 Å². The molecule has 0 heterocycles. The number of carbonyl (C=O) groups is 1. The lowest BCUT2D eigenvalue weighted by molar-refractivity contribution is 0.00976. The second-order valence-electron chi connectivity index (χ2n) is 8.91. The summed E-state index contributed by atoms with van der Waals surface area (Å²) in [4.78, 5) is 12.2. The molecule has 0 aliphatic heterocycles. The van der Waals surface area contributed by atoms with E-state index in [4.69, 9.17) is 0 Å². The highest BCUT2D eigenvalue weighted by molar-refractivity contribution is 5.96. The Morgan fingerprint density at radius 3 is 2.46 bits per heavy atom. The first-order valence-electron chi connectivity index (χ1n) is 11.3. The Morgan fingerprint density at radius 1 is 0.962 bits per heavy atom. The summed E-state index contributed by atoms with van der Waals surface area (Å²) >= 11 is 0. The lowest BCUT2D eigenvalue weighted by atomic mass is 9.51. The Labute approximate surface area is 161 Å². The molecule has 0 saturated heterocycles. The Morgan fingerprint density at radius 2 is 1.73 bits per heavy atom. The van der Waals surface area contributed by atoms with Gasteiger partial charge >= 0.3 is 0 Å². The molecule has 1 aromatic rings. The maximum absolute atomic E-state index is 12.2. The maximum atomic E-state index is 12.2. The molecule has 0 bridgehead atoms. The molecule has 1 aromatic carbocycles. The van der Waals surface area contributed by atoms with Gasteiger partial charge in [-0.15, -0.1) is 0 Å². The van der Waals surface area contributed by atoms with E-state index in [0.29, 0.717) is 23.5 Å². The summed E-state index contributed by atoms with van der Waals surface area (Å²) in [5, 5.41) is 0. The largest absolute Gasteiger partial charge is 0.294 e. The highest BCUT2D eigenvalue weighted by Gasteiger charge is 2.48. The van der Waals surface area contributed by atoms with Crippen LogP contribution in [0.5, 0.6) is 0 Å². The average molecular weight is 355 g/mol. The number of unbranched alkanes of at least 4 members (excludes halogenated alkanes) is 2. The lowest BCUT2D eigenvalue weighted by Crippen LogP contribution is -2.42. The number of hydrogen-bond donors (Lipinski definition) is 0. The quantitative estimate of drug-likeness (QED) is 0.345. The van der Waals surface area contributed by atoms with Crippen molar-refractivity contribution < 1.29 is 4.79 Å². The number of hydrogen-bond acceptors (Lipinski definition) is 1. The van der Waals surface area contributed by atoms with Crippen molar-refractivity contribution in [3.8, 4) is 0 Å². The molecule has 3 atom stereocenters. The second-order valence-corrected chi connectivity index (χ2v) is 8.91. The van der Waals surface area contributed by atoms with Crippen LogP contribution in [0.4, 0.5) is 0 Å². The first-order valence-corrected chi connectivity index (χ1v) is 11.3. The summed E-state index contributed by atoms with van der Waals surface area (Å²) in [6.07, 6.45) is 17.1. The second kappa shape index (κ2) is 9.20. The number of rotatable bonds is 8. The van der Waals surface area contributed by atoms with Gasteiger partial charge in [-0.25, -0.2) is 0 Å². The van der Waals surface area contributed by atoms with Gasteiger partial charge in [0.05, 0.1) is 0 Å². The van der Waals surface area contributed by atoms with Crippen LogP contribution in [0.25, 0.3) is 0 Å². The summed E-state index contributed by atoms with van der Waals surface area (Å²) in [6, 6.07) is 8.82. The summed E-state index contributed by atoms with van der Waals surface area (Å²) in [5.74, 6) is 1.96. The van der Waals surface area contributed by atoms with Gasteiger partial charge < -0.3 is 0 Å². The maximum Gasteiger partial charge on any atom is 0.162 e. The van der Waals surface area contributed by atoms with Crippen LogP contribution in [0.2, 0.25) is 0 Å². The van der Waals surface area contributed by atoms with Gasteiger partial charge in [0.25, 0.3) is 0 Å². The monoisotopic (exact) mass is 354 g/mol. The molecule has 2 saturated carbocycles. The molecule has 2 fully saturated rings. The SMILES string of the molecule is CCCCC[C@]12CCCC[C@@H]1CCCC2c1ccc(C(=O)CCC)cc1. The molecule has 26 heavy (non-hydrogen) atoms. The lowest BCUT2D eigenvalue weighted by Gasteiger charge is -2.53. The third kappa shape index (κ3) is 4.07. The third-order valence-corrected chi connectivity index (χ3v) is 7.36. The molecular formula is C25H38O. The van der Waals surface area contributed by atoms with E-state index in [1.165, 1.54) is 76.2 Å². The summed E-state index contributed by atoms with van der Waals surface area (Å²) < 4.78 is 0. The Bertz CT molecular complexity index is 570. The zero-order valence-electron chi connectivity index (χ0n) is 17.1. The van der Waals surface area contributed by atoms with Gasteiger partial charge in [-0.2, -0.15) is 0 Å². The van der Waals surface area contributed by atoms with E-state index in [9.17, 15) is 4.79 Å². The molecule has 1 heteroatoms. The van der Waals surface area contributed by atoms with Gasteiger partial charge in [0.2, 0.25) is 0 Å². The van der Waals surface area contributed by atoms with Gasteiger partial charge in [-0.05, 0) is 61.3 Å².